The zero-order valence-corrected chi connectivity index (χ0v) is 13.4. The minimum atomic E-state index is -0.696. The Morgan fingerprint density at radius 1 is 1.14 bits per heavy atom. The third-order valence-electron chi connectivity index (χ3n) is 4.25. The Balaban J connectivity index is 1.64. The summed E-state index contributed by atoms with van der Waals surface area (Å²) in [5, 5.41) is 9.67. The topological polar surface area (TPSA) is 57.6 Å². The van der Waals surface area contributed by atoms with Crippen molar-refractivity contribution >= 4 is 23.4 Å². The maximum atomic E-state index is 12.0. The lowest BCUT2D eigenvalue weighted by molar-refractivity contribution is -0.143. The van der Waals surface area contributed by atoms with Gasteiger partial charge in [-0.15, -0.1) is 0 Å². The smallest absolute Gasteiger partial charge is 0.306 e. The Morgan fingerprint density at radius 2 is 1.77 bits per heavy atom. The molecular weight excluding hydrogens is 302 g/mol. The molecule has 0 atom stereocenters. The van der Waals surface area contributed by atoms with Gasteiger partial charge in [0.1, 0.15) is 5.78 Å². The summed E-state index contributed by atoms with van der Waals surface area (Å²) in [6.45, 7) is 2.30. The molecule has 0 aliphatic carbocycles. The number of aliphatic carboxylic acids is 1. The molecule has 1 aliphatic heterocycles. The molecule has 1 aromatic rings. The molecule has 0 radical (unpaired) electrons. The summed E-state index contributed by atoms with van der Waals surface area (Å²) < 4.78 is 0. The van der Waals surface area contributed by atoms with Crippen molar-refractivity contribution in [1.82, 2.24) is 4.90 Å². The van der Waals surface area contributed by atoms with Gasteiger partial charge in [-0.25, -0.2) is 0 Å². The second kappa shape index (κ2) is 8.30. The van der Waals surface area contributed by atoms with Crippen LogP contribution in [0.5, 0.6) is 0 Å². The molecule has 2 rings (SSSR count). The Hall–Kier alpha value is -1.39. The average molecular weight is 324 g/mol. The molecule has 0 saturated carbocycles. The van der Waals surface area contributed by atoms with Gasteiger partial charge in [0.15, 0.2) is 0 Å². The number of aryl methyl sites for hydroxylation is 1. The predicted molar refractivity (Wildman–Crippen MR) is 86.2 cm³/mol. The largest absolute Gasteiger partial charge is 0.481 e. The molecule has 0 bridgehead atoms. The molecular formula is C17H22ClNO3. The van der Waals surface area contributed by atoms with E-state index < -0.39 is 5.97 Å². The number of hydrogen-bond donors (Lipinski definition) is 1. The van der Waals surface area contributed by atoms with Gasteiger partial charge < -0.3 is 10.0 Å². The fourth-order valence-electron chi connectivity index (χ4n) is 2.75. The number of likely N-dealkylation sites (tertiary alicyclic amines) is 1. The normalized spacial score (nSPS) is 16.6. The number of piperidine rings is 1. The van der Waals surface area contributed by atoms with Gasteiger partial charge in [-0.05, 0) is 50.0 Å². The third-order valence-corrected chi connectivity index (χ3v) is 4.50. The second-order valence-corrected chi connectivity index (χ2v) is 6.31. The molecule has 1 fully saturated rings. The lowest BCUT2D eigenvalue weighted by atomic mass is 9.97. The van der Waals surface area contributed by atoms with E-state index in [1.165, 1.54) is 0 Å². The van der Waals surface area contributed by atoms with Gasteiger partial charge in [0, 0.05) is 24.4 Å². The Morgan fingerprint density at radius 3 is 2.36 bits per heavy atom. The number of halogens is 1. The van der Waals surface area contributed by atoms with E-state index in [1.54, 1.807) is 0 Å². The van der Waals surface area contributed by atoms with Crippen LogP contribution in [-0.2, 0) is 16.0 Å². The Kier molecular flexibility index (Phi) is 6.40. The highest BCUT2D eigenvalue weighted by Gasteiger charge is 2.24. The maximum absolute atomic E-state index is 12.0. The van der Waals surface area contributed by atoms with Gasteiger partial charge in [-0.2, -0.15) is 0 Å². The van der Waals surface area contributed by atoms with Crippen molar-refractivity contribution in [2.24, 2.45) is 5.92 Å². The Bertz CT molecular complexity index is 507. The van der Waals surface area contributed by atoms with Crippen LogP contribution in [0.25, 0.3) is 0 Å². The van der Waals surface area contributed by atoms with Crippen LogP contribution in [0, 0.1) is 5.92 Å². The first-order valence-electron chi connectivity index (χ1n) is 7.76. The van der Waals surface area contributed by atoms with Crippen LogP contribution < -0.4 is 0 Å². The number of carbonyl (C=O) groups is 2. The molecule has 22 heavy (non-hydrogen) atoms. The standard InChI is InChI=1S/C17H22ClNO3/c18-15-4-1-13(2-5-15)3-6-16(20)9-12-19-10-7-14(8-11-19)17(21)22/h1-2,4-5,14H,3,6-12H2,(H,21,22). The molecule has 0 unspecified atom stereocenters. The van der Waals surface area contributed by atoms with Crippen molar-refractivity contribution in [2.45, 2.75) is 32.1 Å². The van der Waals surface area contributed by atoms with Crippen LogP contribution in [0.1, 0.15) is 31.2 Å². The van der Waals surface area contributed by atoms with Crippen molar-refractivity contribution in [3.05, 3.63) is 34.9 Å². The second-order valence-electron chi connectivity index (χ2n) is 5.87. The van der Waals surface area contributed by atoms with Gasteiger partial charge in [0.25, 0.3) is 0 Å². The lowest BCUT2D eigenvalue weighted by Crippen LogP contribution is -2.37. The van der Waals surface area contributed by atoms with E-state index >= 15 is 0 Å². The summed E-state index contributed by atoms with van der Waals surface area (Å²) in [6.07, 6.45) is 3.22. The molecule has 0 aromatic heterocycles. The van der Waals surface area contributed by atoms with Crippen molar-refractivity contribution in [3.8, 4) is 0 Å². The summed E-state index contributed by atoms with van der Waals surface area (Å²) in [7, 11) is 0. The highest BCUT2D eigenvalue weighted by Crippen LogP contribution is 2.17. The summed E-state index contributed by atoms with van der Waals surface area (Å²) >= 11 is 5.83. The molecule has 1 N–H and O–H groups in total. The molecule has 1 saturated heterocycles. The average Bonchev–Trinajstić information content (AvgIpc) is 2.52. The summed E-state index contributed by atoms with van der Waals surface area (Å²) in [6, 6.07) is 7.58. The Labute approximate surface area is 136 Å². The zero-order chi connectivity index (χ0) is 15.9. The van der Waals surface area contributed by atoms with E-state index in [-0.39, 0.29) is 11.7 Å². The number of hydrogen-bond acceptors (Lipinski definition) is 3. The van der Waals surface area contributed by atoms with Gasteiger partial charge in [0.2, 0.25) is 0 Å². The summed E-state index contributed by atoms with van der Waals surface area (Å²) in [5.41, 5.74) is 1.13. The highest BCUT2D eigenvalue weighted by molar-refractivity contribution is 6.30. The quantitative estimate of drug-likeness (QED) is 0.838. The zero-order valence-electron chi connectivity index (χ0n) is 12.6. The van der Waals surface area contributed by atoms with Crippen LogP contribution in [-0.4, -0.2) is 41.4 Å². The SMILES string of the molecule is O=C(CCc1ccc(Cl)cc1)CCN1CCC(C(=O)O)CC1. The molecule has 0 spiro atoms. The maximum Gasteiger partial charge on any atom is 0.306 e. The monoisotopic (exact) mass is 323 g/mol. The predicted octanol–water partition coefficient (Wildman–Crippen LogP) is 3.03. The minimum absolute atomic E-state index is 0.211. The summed E-state index contributed by atoms with van der Waals surface area (Å²) in [4.78, 5) is 25.0. The first-order chi connectivity index (χ1) is 10.5. The van der Waals surface area contributed by atoms with E-state index in [0.717, 1.165) is 31.6 Å². The van der Waals surface area contributed by atoms with Crippen LogP contribution in [0.15, 0.2) is 24.3 Å². The molecule has 1 aromatic carbocycles. The molecule has 1 heterocycles. The van der Waals surface area contributed by atoms with E-state index in [9.17, 15) is 9.59 Å². The minimum Gasteiger partial charge on any atom is -0.481 e. The first kappa shape index (κ1) is 17.0. The van der Waals surface area contributed by atoms with E-state index in [2.05, 4.69) is 4.90 Å². The molecule has 0 amide bonds. The van der Waals surface area contributed by atoms with Crippen LogP contribution >= 0.6 is 11.6 Å². The molecule has 5 heteroatoms. The van der Waals surface area contributed by atoms with Crippen molar-refractivity contribution in [2.75, 3.05) is 19.6 Å². The molecule has 1 aliphatic rings. The number of carboxylic acids is 1. The van der Waals surface area contributed by atoms with Crippen LogP contribution in [0.3, 0.4) is 0 Å². The number of Topliss-reactive ketones (excluding diaryl/α,β-unsaturated/α-hetero) is 1. The number of nitrogens with zero attached hydrogens (tertiary/aromatic N) is 1. The van der Waals surface area contributed by atoms with Gasteiger partial charge >= 0.3 is 5.97 Å². The number of carboxylic acid groups (broad SMARTS) is 1. The fourth-order valence-corrected chi connectivity index (χ4v) is 2.87. The number of carbonyl (C=O) groups excluding carboxylic acids is 1. The number of ketones is 1. The first-order valence-corrected chi connectivity index (χ1v) is 8.13. The van der Waals surface area contributed by atoms with E-state index in [1.807, 2.05) is 24.3 Å². The van der Waals surface area contributed by atoms with E-state index in [4.69, 9.17) is 16.7 Å². The van der Waals surface area contributed by atoms with E-state index in [0.29, 0.717) is 30.7 Å². The number of rotatable bonds is 7. The van der Waals surface area contributed by atoms with Crippen molar-refractivity contribution in [1.29, 1.82) is 0 Å². The van der Waals surface area contributed by atoms with Crippen molar-refractivity contribution in [3.63, 3.8) is 0 Å². The van der Waals surface area contributed by atoms with Crippen molar-refractivity contribution < 1.29 is 14.7 Å². The molecule has 120 valence electrons. The number of benzene rings is 1. The van der Waals surface area contributed by atoms with Gasteiger partial charge in [0.05, 0.1) is 5.92 Å². The molecule has 4 nitrogen and oxygen atoms in total. The summed E-state index contributed by atoms with van der Waals surface area (Å²) in [5.74, 6) is -0.647. The van der Waals surface area contributed by atoms with Crippen LogP contribution in [0.2, 0.25) is 5.02 Å². The highest BCUT2D eigenvalue weighted by atomic mass is 35.5. The van der Waals surface area contributed by atoms with Gasteiger partial charge in [-0.1, -0.05) is 23.7 Å². The fraction of sp³-hybridized carbons (Fsp3) is 0.529. The van der Waals surface area contributed by atoms with Gasteiger partial charge in [-0.3, -0.25) is 9.59 Å². The van der Waals surface area contributed by atoms with Crippen LogP contribution in [0.4, 0.5) is 0 Å². The lowest BCUT2D eigenvalue weighted by Gasteiger charge is -2.29. The third kappa shape index (κ3) is 5.43.